The van der Waals surface area contributed by atoms with Crippen molar-refractivity contribution in [2.75, 3.05) is 13.2 Å². The lowest BCUT2D eigenvalue weighted by molar-refractivity contribution is -0.166. The van der Waals surface area contributed by atoms with Gasteiger partial charge in [-0.05, 0) is 83.5 Å². The SMILES string of the molecule is CC/C=C/C=C/C=C/C=C/C=C/CCCCCC(=O)OC(COC(=O)CC/C=C/C/C=C/C/C=C/C/C=C/C/C=C/CC)COC(=O)CCC/C=C/C=C/C=C/C=C/C=C/CC. The van der Waals surface area contributed by atoms with Crippen molar-refractivity contribution in [3.8, 4) is 0 Å². The summed E-state index contributed by atoms with van der Waals surface area (Å²) in [5, 5.41) is 0. The van der Waals surface area contributed by atoms with Gasteiger partial charge in [-0.15, -0.1) is 0 Å². The Bertz CT molecular complexity index is 1580. The number of hydrogen-bond acceptors (Lipinski definition) is 6. The average molecular weight is 847 g/mol. The summed E-state index contributed by atoms with van der Waals surface area (Å²) in [6.45, 7) is 6.01. The first-order valence-corrected chi connectivity index (χ1v) is 22.9. The molecule has 0 saturated carbocycles. The quantitative estimate of drug-likeness (QED) is 0.0204. The number of allylic oxidation sites excluding steroid dienone is 30. The number of hydrogen-bond donors (Lipinski definition) is 0. The fourth-order valence-electron chi connectivity index (χ4n) is 5.07. The van der Waals surface area contributed by atoms with Crippen LogP contribution in [0.1, 0.15) is 130 Å². The summed E-state index contributed by atoms with van der Waals surface area (Å²) in [6, 6.07) is 0. The molecule has 0 aliphatic rings. The summed E-state index contributed by atoms with van der Waals surface area (Å²) in [7, 11) is 0. The Kier molecular flexibility index (Phi) is 43.9. The van der Waals surface area contributed by atoms with E-state index in [1.807, 2.05) is 115 Å². The Morgan fingerprint density at radius 1 is 0.339 bits per heavy atom. The van der Waals surface area contributed by atoms with Gasteiger partial charge in [-0.3, -0.25) is 14.4 Å². The molecule has 0 saturated heterocycles. The maximum Gasteiger partial charge on any atom is 0.306 e. The molecule has 0 fully saturated rings. The van der Waals surface area contributed by atoms with Gasteiger partial charge in [-0.1, -0.05) is 209 Å². The molecule has 6 heteroatoms. The second kappa shape index (κ2) is 48.2. The smallest absolute Gasteiger partial charge is 0.306 e. The molecule has 0 aromatic rings. The van der Waals surface area contributed by atoms with Gasteiger partial charge in [-0.25, -0.2) is 0 Å². The minimum absolute atomic E-state index is 0.167. The topological polar surface area (TPSA) is 78.9 Å². The van der Waals surface area contributed by atoms with Crippen molar-refractivity contribution in [1.82, 2.24) is 0 Å². The molecule has 0 heterocycles. The summed E-state index contributed by atoms with van der Waals surface area (Å²) >= 11 is 0. The summed E-state index contributed by atoms with van der Waals surface area (Å²) in [4.78, 5) is 37.8. The van der Waals surface area contributed by atoms with E-state index in [2.05, 4.69) is 87.6 Å². The van der Waals surface area contributed by atoms with Gasteiger partial charge in [0.05, 0.1) is 0 Å². The van der Waals surface area contributed by atoms with Crippen LogP contribution in [0.2, 0.25) is 0 Å². The van der Waals surface area contributed by atoms with Crippen LogP contribution >= 0.6 is 0 Å². The monoisotopic (exact) mass is 847 g/mol. The standard InChI is InChI=1S/C56H78O6/c1-4-7-10-13-16-19-22-25-27-29-31-34-37-40-43-46-49-55(58)61-52-53(51-60-54(57)48-45-42-39-36-33-30-24-21-18-15-12-9-6-3)62-56(59)50-47-44-41-38-35-32-28-26-23-20-17-14-11-8-5-2/h7-12,14-21,23-28,30-36,39-40,43,53H,4-6,13,22,29,37-38,41-42,44-52H2,1-3H3/b10-7+,11-8+,12-9+,17-14+,18-15+,19-16+,23-20+,24-21+,27-25+,28-26+,33-30+,34-31+,35-32+,39-36+,43-40+. The minimum atomic E-state index is -0.869. The van der Waals surface area contributed by atoms with Gasteiger partial charge in [0.15, 0.2) is 6.10 Å². The third-order valence-corrected chi connectivity index (χ3v) is 8.41. The zero-order valence-corrected chi connectivity index (χ0v) is 38.3. The molecule has 0 aliphatic carbocycles. The summed E-state index contributed by atoms with van der Waals surface area (Å²) in [5.74, 6) is -1.18. The molecule has 1 unspecified atom stereocenters. The highest BCUT2D eigenvalue weighted by Gasteiger charge is 2.19. The maximum absolute atomic E-state index is 12.7. The Morgan fingerprint density at radius 3 is 1.18 bits per heavy atom. The van der Waals surface area contributed by atoms with Gasteiger partial charge in [-0.2, -0.15) is 0 Å². The Labute approximate surface area is 376 Å². The first-order valence-electron chi connectivity index (χ1n) is 22.9. The van der Waals surface area contributed by atoms with Crippen molar-refractivity contribution in [2.45, 2.75) is 136 Å². The molecule has 338 valence electrons. The van der Waals surface area contributed by atoms with Crippen LogP contribution in [-0.2, 0) is 28.6 Å². The van der Waals surface area contributed by atoms with Crippen molar-refractivity contribution in [2.24, 2.45) is 0 Å². The molecule has 0 amide bonds. The number of carbonyl (C=O) groups is 3. The van der Waals surface area contributed by atoms with Crippen LogP contribution in [0.5, 0.6) is 0 Å². The van der Waals surface area contributed by atoms with Gasteiger partial charge < -0.3 is 14.2 Å². The van der Waals surface area contributed by atoms with E-state index in [9.17, 15) is 14.4 Å². The second-order valence-corrected chi connectivity index (χ2v) is 14.1. The van der Waals surface area contributed by atoms with Crippen molar-refractivity contribution in [3.05, 3.63) is 182 Å². The molecule has 0 rings (SSSR count). The predicted molar refractivity (Wildman–Crippen MR) is 264 cm³/mol. The van der Waals surface area contributed by atoms with Crippen LogP contribution in [0.4, 0.5) is 0 Å². The molecule has 0 bridgehead atoms. The van der Waals surface area contributed by atoms with E-state index in [-0.39, 0.29) is 38.4 Å². The molecule has 0 N–H and O–H groups in total. The molecular formula is C56H78O6. The van der Waals surface area contributed by atoms with Crippen LogP contribution in [0, 0.1) is 0 Å². The van der Waals surface area contributed by atoms with Gasteiger partial charge in [0.2, 0.25) is 0 Å². The largest absolute Gasteiger partial charge is 0.462 e. The van der Waals surface area contributed by atoms with Crippen molar-refractivity contribution in [1.29, 1.82) is 0 Å². The fourth-order valence-corrected chi connectivity index (χ4v) is 5.07. The normalized spacial score (nSPS) is 13.8. The van der Waals surface area contributed by atoms with Crippen LogP contribution in [0.3, 0.4) is 0 Å². The van der Waals surface area contributed by atoms with E-state index in [0.29, 0.717) is 19.3 Å². The lowest BCUT2D eigenvalue weighted by Gasteiger charge is -2.18. The van der Waals surface area contributed by atoms with E-state index in [0.717, 1.165) is 70.6 Å². The first-order chi connectivity index (χ1) is 30.5. The van der Waals surface area contributed by atoms with Crippen molar-refractivity contribution >= 4 is 17.9 Å². The van der Waals surface area contributed by atoms with Crippen molar-refractivity contribution in [3.63, 3.8) is 0 Å². The summed E-state index contributed by atoms with van der Waals surface area (Å²) in [5.41, 5.74) is 0. The first kappa shape index (κ1) is 56.5. The third-order valence-electron chi connectivity index (χ3n) is 8.41. The molecule has 0 aliphatic heterocycles. The molecule has 0 radical (unpaired) electrons. The summed E-state index contributed by atoms with van der Waals surface area (Å²) in [6.07, 6.45) is 73.2. The van der Waals surface area contributed by atoms with Crippen LogP contribution in [0.15, 0.2) is 182 Å². The van der Waals surface area contributed by atoms with E-state index in [4.69, 9.17) is 14.2 Å². The maximum atomic E-state index is 12.7. The van der Waals surface area contributed by atoms with E-state index >= 15 is 0 Å². The number of unbranched alkanes of at least 4 members (excludes halogenated alkanes) is 4. The van der Waals surface area contributed by atoms with Crippen LogP contribution < -0.4 is 0 Å². The summed E-state index contributed by atoms with van der Waals surface area (Å²) < 4.78 is 16.5. The molecule has 0 aromatic carbocycles. The number of ether oxygens (including phenoxy) is 3. The number of esters is 3. The highest BCUT2D eigenvalue weighted by molar-refractivity contribution is 5.71. The van der Waals surface area contributed by atoms with E-state index in [1.54, 1.807) is 0 Å². The zero-order valence-electron chi connectivity index (χ0n) is 38.3. The zero-order chi connectivity index (χ0) is 45.1. The molecule has 0 spiro atoms. The molecule has 0 aromatic heterocycles. The second-order valence-electron chi connectivity index (χ2n) is 14.1. The third kappa shape index (κ3) is 45.6. The van der Waals surface area contributed by atoms with Gasteiger partial charge in [0, 0.05) is 19.3 Å². The molecule has 62 heavy (non-hydrogen) atoms. The highest BCUT2D eigenvalue weighted by atomic mass is 16.6. The van der Waals surface area contributed by atoms with Gasteiger partial charge in [0.25, 0.3) is 0 Å². The van der Waals surface area contributed by atoms with Crippen molar-refractivity contribution < 1.29 is 28.6 Å². The lowest BCUT2D eigenvalue weighted by atomic mass is 10.1. The van der Waals surface area contributed by atoms with E-state index in [1.165, 1.54) is 0 Å². The van der Waals surface area contributed by atoms with Crippen LogP contribution in [0.25, 0.3) is 0 Å². The Morgan fingerprint density at radius 2 is 0.710 bits per heavy atom. The van der Waals surface area contributed by atoms with Gasteiger partial charge in [0.1, 0.15) is 13.2 Å². The van der Waals surface area contributed by atoms with E-state index < -0.39 is 18.0 Å². The molecule has 1 atom stereocenters. The highest BCUT2D eigenvalue weighted by Crippen LogP contribution is 2.09. The molecule has 6 nitrogen and oxygen atoms in total. The fraction of sp³-hybridized carbons (Fsp3) is 0.411. The minimum Gasteiger partial charge on any atom is -0.462 e. The number of carbonyl (C=O) groups excluding carboxylic acids is 3. The Hall–Kier alpha value is -5.49. The average Bonchev–Trinajstić information content (AvgIpc) is 3.27. The molecular weight excluding hydrogens is 769 g/mol. The lowest BCUT2D eigenvalue weighted by Crippen LogP contribution is -2.30. The van der Waals surface area contributed by atoms with Crippen LogP contribution in [-0.4, -0.2) is 37.2 Å². The number of rotatable bonds is 37. The Balaban J connectivity index is 4.75. The van der Waals surface area contributed by atoms with Gasteiger partial charge >= 0.3 is 17.9 Å². The predicted octanol–water partition coefficient (Wildman–Crippen LogP) is 15.0.